The highest BCUT2D eigenvalue weighted by Gasteiger charge is 2.25. The lowest BCUT2D eigenvalue weighted by molar-refractivity contribution is 0.991. The number of anilines is 2. The van der Waals surface area contributed by atoms with Crippen LogP contribution in [-0.4, -0.2) is 12.4 Å². The highest BCUT2D eigenvalue weighted by Crippen LogP contribution is 2.44. The second-order valence-corrected chi connectivity index (χ2v) is 6.39. The van der Waals surface area contributed by atoms with Gasteiger partial charge in [0.15, 0.2) is 0 Å². The van der Waals surface area contributed by atoms with Crippen LogP contribution in [0.1, 0.15) is 5.56 Å². The molecule has 1 N–H and O–H groups in total. The number of para-hydroxylation sites is 2. The molecule has 1 atom stereocenters. The summed E-state index contributed by atoms with van der Waals surface area (Å²) in [6.07, 6.45) is 6.52. The summed E-state index contributed by atoms with van der Waals surface area (Å²) in [4.78, 5) is 3.69. The zero-order valence-corrected chi connectivity index (χ0v) is 12.6. The number of nitrogens with one attached hydrogen (secondary N) is 1. The maximum absolute atomic E-state index is 3.30. The third kappa shape index (κ3) is 2.14. The molecule has 104 valence electrons. The molecule has 2 aliphatic rings. The molecule has 2 aromatic carbocycles. The van der Waals surface area contributed by atoms with Gasteiger partial charge in [-0.3, -0.25) is 0 Å². The molecular weight excluding hydrogens is 276 g/mol. The van der Waals surface area contributed by atoms with Crippen molar-refractivity contribution in [3.63, 3.8) is 0 Å². The Balaban J connectivity index is 1.71. The zero-order valence-electron chi connectivity index (χ0n) is 11.8. The average molecular weight is 292 g/mol. The first-order valence-electron chi connectivity index (χ1n) is 7.06. The smallest absolute Gasteiger partial charge is 0.0988 e. The normalized spacial score (nSPS) is 21.1. The molecule has 0 fully saturated rings. The van der Waals surface area contributed by atoms with Crippen LogP contribution in [-0.2, 0) is 0 Å². The van der Waals surface area contributed by atoms with E-state index in [-0.39, 0.29) is 0 Å². The summed E-state index contributed by atoms with van der Waals surface area (Å²) in [5, 5.41) is 3.64. The van der Waals surface area contributed by atoms with Crippen molar-refractivity contribution >= 4 is 28.7 Å². The number of fused-ring (bicyclic) bond motifs is 2. The first kappa shape index (κ1) is 12.6. The van der Waals surface area contributed by atoms with Crippen LogP contribution in [0.4, 0.5) is 11.4 Å². The molecule has 0 spiro atoms. The van der Waals surface area contributed by atoms with Crippen molar-refractivity contribution in [1.82, 2.24) is 0 Å². The lowest BCUT2D eigenvalue weighted by atomic mass is 10.0. The minimum atomic E-state index is 0.341. The van der Waals surface area contributed by atoms with E-state index in [1.807, 2.05) is 18.0 Å². The number of likely N-dealkylation sites (N-methyl/N-ethyl adjacent to an activating group) is 1. The Morgan fingerprint density at radius 2 is 1.90 bits per heavy atom. The van der Waals surface area contributed by atoms with E-state index in [9.17, 15) is 0 Å². The Kier molecular flexibility index (Phi) is 3.00. The van der Waals surface area contributed by atoms with Gasteiger partial charge in [0.1, 0.15) is 0 Å². The number of hydrogen-bond donors (Lipinski definition) is 1. The van der Waals surface area contributed by atoms with E-state index in [0.717, 1.165) is 0 Å². The summed E-state index contributed by atoms with van der Waals surface area (Å²) in [6.45, 7) is 0. The van der Waals surface area contributed by atoms with Gasteiger partial charge in [-0.25, -0.2) is 0 Å². The summed E-state index contributed by atoms with van der Waals surface area (Å²) in [6, 6.07) is 17.0. The number of hydrogen-bond acceptors (Lipinski definition) is 3. The van der Waals surface area contributed by atoms with Gasteiger partial charge in [-0.1, -0.05) is 42.1 Å². The van der Waals surface area contributed by atoms with Gasteiger partial charge in [0.2, 0.25) is 0 Å². The summed E-state index contributed by atoms with van der Waals surface area (Å²) < 4.78 is 0. The largest absolute Gasteiger partial charge is 0.361 e. The van der Waals surface area contributed by atoms with Crippen LogP contribution in [0.2, 0.25) is 0 Å². The molecule has 2 nitrogen and oxygen atoms in total. The molecule has 0 bridgehead atoms. The molecule has 0 amide bonds. The molecule has 0 saturated heterocycles. The fraction of sp³-hybridized carbons (Fsp3) is 0.111. The van der Waals surface area contributed by atoms with Crippen LogP contribution in [0.25, 0.3) is 5.57 Å². The molecule has 0 saturated carbocycles. The van der Waals surface area contributed by atoms with Gasteiger partial charge < -0.3 is 10.2 Å². The summed E-state index contributed by atoms with van der Waals surface area (Å²) in [7, 11) is 2.16. The first-order valence-corrected chi connectivity index (χ1v) is 7.94. The first-order chi connectivity index (χ1) is 10.3. The Labute approximate surface area is 129 Å². The van der Waals surface area contributed by atoms with Crippen LogP contribution < -0.4 is 10.2 Å². The lowest BCUT2D eigenvalue weighted by Crippen LogP contribution is -2.22. The molecular formula is C18H16N2S. The van der Waals surface area contributed by atoms with Crippen molar-refractivity contribution in [2.75, 3.05) is 17.3 Å². The Morgan fingerprint density at radius 1 is 1.10 bits per heavy atom. The van der Waals surface area contributed by atoms with Crippen molar-refractivity contribution in [3.8, 4) is 0 Å². The second kappa shape index (κ2) is 5.01. The van der Waals surface area contributed by atoms with Crippen molar-refractivity contribution in [2.45, 2.75) is 10.3 Å². The van der Waals surface area contributed by atoms with E-state index in [1.54, 1.807) is 0 Å². The van der Waals surface area contributed by atoms with Gasteiger partial charge in [-0.2, -0.15) is 0 Å². The van der Waals surface area contributed by atoms with Crippen molar-refractivity contribution in [2.24, 2.45) is 0 Å². The molecule has 1 unspecified atom stereocenters. The Hall–Kier alpha value is -2.13. The van der Waals surface area contributed by atoms with E-state index in [4.69, 9.17) is 0 Å². The quantitative estimate of drug-likeness (QED) is 0.828. The molecule has 4 rings (SSSR count). The number of thioether (sulfide) groups is 1. The predicted octanol–water partition coefficient (Wildman–Crippen LogP) is 4.58. The summed E-state index contributed by atoms with van der Waals surface area (Å²) in [5.74, 6) is 0. The second-order valence-electron chi connectivity index (χ2n) is 5.23. The van der Waals surface area contributed by atoms with Crippen LogP contribution in [0.15, 0.2) is 71.8 Å². The molecule has 3 heteroatoms. The maximum Gasteiger partial charge on any atom is 0.0988 e. The minimum absolute atomic E-state index is 0.341. The van der Waals surface area contributed by atoms with Gasteiger partial charge in [-0.15, -0.1) is 0 Å². The summed E-state index contributed by atoms with van der Waals surface area (Å²) >= 11 is 1.91. The molecule has 0 aromatic heterocycles. The third-order valence-electron chi connectivity index (χ3n) is 3.94. The number of benzene rings is 2. The number of nitrogens with zero attached hydrogens (tertiary/aromatic N) is 1. The van der Waals surface area contributed by atoms with Crippen molar-refractivity contribution in [3.05, 3.63) is 72.4 Å². The molecule has 2 aliphatic heterocycles. The minimum Gasteiger partial charge on any atom is -0.361 e. The standard InChI is InChI=1S/C18H16N2S/c1-20-16-8-4-5-9-17(16)21-18(20)12-13-10-11-19-15-7-3-2-6-14(13)15/h2-12,18-19H,1H3. The SMILES string of the molecule is CN1c2ccccc2SC1C=C1C=CNc2ccccc21. The van der Waals surface area contributed by atoms with Gasteiger partial charge in [-0.05, 0) is 35.9 Å². The van der Waals surface area contributed by atoms with Gasteiger partial charge in [0.05, 0.1) is 11.1 Å². The molecule has 0 aliphatic carbocycles. The predicted molar refractivity (Wildman–Crippen MR) is 91.7 cm³/mol. The van der Waals surface area contributed by atoms with Crippen molar-refractivity contribution < 1.29 is 0 Å². The van der Waals surface area contributed by atoms with Crippen LogP contribution in [0.3, 0.4) is 0 Å². The monoisotopic (exact) mass is 292 g/mol. The third-order valence-corrected chi connectivity index (χ3v) is 5.23. The average Bonchev–Trinajstić information content (AvgIpc) is 2.85. The highest BCUT2D eigenvalue weighted by molar-refractivity contribution is 8.00. The highest BCUT2D eigenvalue weighted by atomic mass is 32.2. The van der Waals surface area contributed by atoms with Crippen LogP contribution in [0, 0.1) is 0 Å². The number of rotatable bonds is 1. The van der Waals surface area contributed by atoms with E-state index in [0.29, 0.717) is 5.37 Å². The fourth-order valence-corrected chi connectivity index (χ4v) is 4.05. The van der Waals surface area contributed by atoms with Gasteiger partial charge in [0.25, 0.3) is 0 Å². The Morgan fingerprint density at radius 3 is 2.81 bits per heavy atom. The van der Waals surface area contributed by atoms with E-state index in [2.05, 4.69) is 77.9 Å². The van der Waals surface area contributed by atoms with E-state index < -0.39 is 0 Å². The van der Waals surface area contributed by atoms with Crippen molar-refractivity contribution in [1.29, 1.82) is 0 Å². The molecule has 21 heavy (non-hydrogen) atoms. The lowest BCUT2D eigenvalue weighted by Gasteiger charge is -2.21. The molecule has 0 radical (unpaired) electrons. The maximum atomic E-state index is 3.30. The van der Waals surface area contributed by atoms with Gasteiger partial charge in [0, 0.05) is 29.4 Å². The van der Waals surface area contributed by atoms with Crippen LogP contribution in [0.5, 0.6) is 0 Å². The number of allylic oxidation sites excluding steroid dienone is 2. The topological polar surface area (TPSA) is 15.3 Å². The van der Waals surface area contributed by atoms with E-state index in [1.165, 1.54) is 27.4 Å². The molecule has 2 heterocycles. The van der Waals surface area contributed by atoms with E-state index >= 15 is 0 Å². The van der Waals surface area contributed by atoms with Gasteiger partial charge >= 0.3 is 0 Å². The van der Waals surface area contributed by atoms with Crippen LogP contribution >= 0.6 is 11.8 Å². The summed E-state index contributed by atoms with van der Waals surface area (Å²) in [5.41, 5.74) is 5.04. The zero-order chi connectivity index (χ0) is 14.2. The molecule has 2 aromatic rings. The fourth-order valence-electron chi connectivity index (χ4n) is 2.81. The Bertz CT molecular complexity index is 748.